The van der Waals surface area contributed by atoms with Crippen LogP contribution in [-0.4, -0.2) is 13.1 Å². The number of hydrogen-bond donors (Lipinski definition) is 0. The topological polar surface area (TPSA) is 34.1 Å². The first kappa shape index (κ1) is 11.7. The van der Waals surface area contributed by atoms with E-state index >= 15 is 0 Å². The Morgan fingerprint density at radius 3 is 1.93 bits per heavy atom. The van der Waals surface area contributed by atoms with Gasteiger partial charge in [0.05, 0.1) is 4.90 Å². The molecule has 1 aromatic rings. The Balaban J connectivity index is 3.25. The van der Waals surface area contributed by atoms with Crippen LogP contribution in [0.25, 0.3) is 0 Å². The average molecular weight is 261 g/mol. The van der Waals surface area contributed by atoms with E-state index in [4.69, 9.17) is 11.6 Å². The summed E-state index contributed by atoms with van der Waals surface area (Å²) in [5, 5.41) is 0.252. The van der Waals surface area contributed by atoms with Crippen molar-refractivity contribution in [2.24, 2.45) is 0 Å². The standard InChI is InChI=1S/C7H4Cl2F2O2S/c8-5-1-3-6(4-2-5)14(12,13)7(9,10)11/h1-4H. The Morgan fingerprint density at radius 2 is 1.57 bits per heavy atom. The van der Waals surface area contributed by atoms with Crippen molar-refractivity contribution in [3.05, 3.63) is 29.3 Å². The molecule has 0 radical (unpaired) electrons. The minimum absolute atomic E-state index is 0.252. The van der Waals surface area contributed by atoms with Gasteiger partial charge in [-0.25, -0.2) is 8.42 Å². The van der Waals surface area contributed by atoms with Gasteiger partial charge in [-0.2, -0.15) is 8.78 Å². The molecule has 0 aliphatic carbocycles. The molecule has 0 aliphatic rings. The highest BCUT2D eigenvalue weighted by Gasteiger charge is 2.43. The van der Waals surface area contributed by atoms with Crippen LogP contribution in [0.4, 0.5) is 8.78 Å². The second-order valence-electron chi connectivity index (χ2n) is 2.40. The van der Waals surface area contributed by atoms with E-state index in [2.05, 4.69) is 11.6 Å². The van der Waals surface area contributed by atoms with Crippen LogP contribution in [-0.2, 0) is 9.84 Å². The van der Waals surface area contributed by atoms with Crippen molar-refractivity contribution in [1.29, 1.82) is 0 Å². The normalized spacial score (nSPS) is 12.9. The van der Waals surface area contributed by atoms with Crippen LogP contribution in [0.2, 0.25) is 5.02 Å². The van der Waals surface area contributed by atoms with Crippen molar-refractivity contribution < 1.29 is 17.2 Å². The number of alkyl halides is 3. The molecule has 78 valence electrons. The van der Waals surface area contributed by atoms with Crippen LogP contribution in [0.5, 0.6) is 0 Å². The first-order valence-corrected chi connectivity index (χ1v) is 5.56. The summed E-state index contributed by atoms with van der Waals surface area (Å²) in [7, 11) is -4.82. The van der Waals surface area contributed by atoms with Crippen LogP contribution in [0, 0.1) is 0 Å². The Kier molecular flexibility index (Phi) is 3.04. The van der Waals surface area contributed by atoms with E-state index in [1.165, 1.54) is 12.1 Å². The molecule has 2 nitrogen and oxygen atoms in total. The van der Waals surface area contributed by atoms with Gasteiger partial charge < -0.3 is 0 Å². The van der Waals surface area contributed by atoms with Gasteiger partial charge in [0.15, 0.2) is 0 Å². The lowest BCUT2D eigenvalue weighted by molar-refractivity contribution is 0.187. The molecule has 0 saturated carbocycles. The molecule has 14 heavy (non-hydrogen) atoms. The largest absolute Gasteiger partial charge is 0.427 e. The Hall–Kier alpha value is -0.390. The van der Waals surface area contributed by atoms with Gasteiger partial charge in [0.2, 0.25) is 0 Å². The zero-order chi connectivity index (χ0) is 11.0. The molecule has 0 saturated heterocycles. The van der Waals surface area contributed by atoms with Crippen molar-refractivity contribution >= 4 is 33.0 Å². The van der Waals surface area contributed by atoms with Crippen molar-refractivity contribution in [3.63, 3.8) is 0 Å². The zero-order valence-electron chi connectivity index (χ0n) is 6.55. The molecule has 0 unspecified atom stereocenters. The monoisotopic (exact) mass is 260 g/mol. The smallest absolute Gasteiger partial charge is 0.216 e. The first-order valence-electron chi connectivity index (χ1n) is 3.32. The molecule has 1 rings (SSSR count). The molecule has 0 amide bonds. The van der Waals surface area contributed by atoms with E-state index in [1.807, 2.05) is 0 Å². The lowest BCUT2D eigenvalue weighted by atomic mass is 10.4. The maximum absolute atomic E-state index is 12.4. The van der Waals surface area contributed by atoms with Gasteiger partial charge in [0.25, 0.3) is 9.84 Å². The number of halogens is 4. The summed E-state index contributed by atoms with van der Waals surface area (Å²) in [4.78, 5) is -0.568. The van der Waals surface area contributed by atoms with Crippen LogP contribution < -0.4 is 0 Å². The van der Waals surface area contributed by atoms with Crippen molar-refractivity contribution in [2.45, 2.75) is 9.61 Å². The molecule has 0 spiro atoms. The molecule has 1 aromatic carbocycles. The minimum atomic E-state index is -4.82. The maximum Gasteiger partial charge on any atom is 0.427 e. The molecule has 0 aliphatic heterocycles. The van der Waals surface area contributed by atoms with Crippen LogP contribution in [0.15, 0.2) is 29.2 Å². The van der Waals surface area contributed by atoms with Gasteiger partial charge in [-0.1, -0.05) is 11.6 Å². The van der Waals surface area contributed by atoms with E-state index < -0.39 is 19.4 Å². The number of benzene rings is 1. The predicted octanol–water partition coefficient (Wildman–Crippen LogP) is 2.90. The fourth-order valence-electron chi connectivity index (χ4n) is 0.747. The lowest BCUT2D eigenvalue weighted by Gasteiger charge is -2.08. The second kappa shape index (κ2) is 3.64. The molecular weight excluding hydrogens is 257 g/mol. The minimum Gasteiger partial charge on any atom is -0.216 e. The van der Waals surface area contributed by atoms with E-state index in [1.54, 1.807) is 0 Å². The molecule has 0 aromatic heterocycles. The summed E-state index contributed by atoms with van der Waals surface area (Å²) in [6.07, 6.45) is 0. The third-order valence-electron chi connectivity index (χ3n) is 1.43. The molecule has 0 heterocycles. The summed E-state index contributed by atoms with van der Waals surface area (Å²) in [6.45, 7) is 0. The highest BCUT2D eigenvalue weighted by Crippen LogP contribution is 2.32. The van der Waals surface area contributed by atoms with Crippen LogP contribution >= 0.6 is 23.2 Å². The molecule has 7 heteroatoms. The van der Waals surface area contributed by atoms with Crippen molar-refractivity contribution in [3.8, 4) is 0 Å². The fraction of sp³-hybridized carbons (Fsp3) is 0.143. The van der Waals surface area contributed by atoms with Crippen molar-refractivity contribution in [1.82, 2.24) is 0 Å². The van der Waals surface area contributed by atoms with Gasteiger partial charge in [-0.05, 0) is 35.9 Å². The maximum atomic E-state index is 12.4. The Labute approximate surface area is 89.4 Å². The van der Waals surface area contributed by atoms with Gasteiger partial charge in [0.1, 0.15) is 0 Å². The van der Waals surface area contributed by atoms with Crippen molar-refractivity contribution in [2.75, 3.05) is 0 Å². The highest BCUT2D eigenvalue weighted by atomic mass is 35.5. The second-order valence-corrected chi connectivity index (χ2v) is 5.53. The molecular formula is C7H4Cl2F2O2S. The van der Waals surface area contributed by atoms with E-state index in [0.29, 0.717) is 0 Å². The Morgan fingerprint density at radius 1 is 1.14 bits per heavy atom. The molecule has 0 fully saturated rings. The first-order chi connectivity index (χ1) is 6.25. The van der Waals surface area contributed by atoms with Gasteiger partial charge >= 0.3 is 4.71 Å². The number of sulfone groups is 1. The zero-order valence-corrected chi connectivity index (χ0v) is 8.87. The predicted molar refractivity (Wildman–Crippen MR) is 49.4 cm³/mol. The third kappa shape index (κ3) is 2.16. The highest BCUT2D eigenvalue weighted by molar-refractivity contribution is 7.93. The van der Waals surface area contributed by atoms with E-state index in [0.717, 1.165) is 12.1 Å². The molecule has 0 N–H and O–H groups in total. The van der Waals surface area contributed by atoms with Gasteiger partial charge in [-0.3, -0.25) is 0 Å². The summed E-state index contributed by atoms with van der Waals surface area (Å²) >= 11 is 9.91. The molecule has 0 bridgehead atoms. The quantitative estimate of drug-likeness (QED) is 0.767. The van der Waals surface area contributed by atoms with E-state index in [-0.39, 0.29) is 5.02 Å². The lowest BCUT2D eigenvalue weighted by Crippen LogP contribution is -2.21. The fourth-order valence-corrected chi connectivity index (χ4v) is 1.90. The molecule has 0 atom stereocenters. The van der Waals surface area contributed by atoms with Crippen LogP contribution in [0.1, 0.15) is 0 Å². The summed E-state index contributed by atoms with van der Waals surface area (Å²) in [5.74, 6) is 0. The SMILES string of the molecule is O=S(=O)(c1ccc(Cl)cc1)C(F)(F)Cl. The Bertz CT molecular complexity index is 422. The van der Waals surface area contributed by atoms with Crippen LogP contribution in [0.3, 0.4) is 0 Å². The number of rotatable bonds is 2. The van der Waals surface area contributed by atoms with Gasteiger partial charge in [0, 0.05) is 5.02 Å². The van der Waals surface area contributed by atoms with Gasteiger partial charge in [-0.15, -0.1) is 0 Å². The summed E-state index contributed by atoms with van der Waals surface area (Å²) in [6, 6.07) is 4.32. The summed E-state index contributed by atoms with van der Waals surface area (Å²) < 4.78 is 42.6. The third-order valence-corrected chi connectivity index (χ3v) is 3.79. The summed E-state index contributed by atoms with van der Waals surface area (Å²) in [5.41, 5.74) is 0. The number of hydrogen-bond acceptors (Lipinski definition) is 2. The van der Waals surface area contributed by atoms with E-state index in [9.17, 15) is 17.2 Å². The average Bonchev–Trinajstić information content (AvgIpc) is 2.03.